The highest BCUT2D eigenvalue weighted by Gasteiger charge is 2.19. The zero-order valence-corrected chi connectivity index (χ0v) is 13.8. The molecule has 1 atom stereocenters. The molecule has 0 spiro atoms. The molecule has 2 amide bonds. The number of carbonyl (C=O) groups excluding carboxylic acids is 1. The summed E-state index contributed by atoms with van der Waals surface area (Å²) in [5.41, 5.74) is 1.94. The van der Waals surface area contributed by atoms with E-state index in [4.69, 9.17) is 0 Å². The van der Waals surface area contributed by atoms with E-state index >= 15 is 0 Å². The van der Waals surface area contributed by atoms with Crippen LogP contribution in [0.1, 0.15) is 25.5 Å². The molecular formula is C16H22N4OS. The van der Waals surface area contributed by atoms with E-state index in [1.165, 1.54) is 5.56 Å². The molecule has 2 heterocycles. The predicted octanol–water partition coefficient (Wildman–Crippen LogP) is 3.35. The summed E-state index contributed by atoms with van der Waals surface area (Å²) >= 11 is 1.68. The number of amides is 2. The van der Waals surface area contributed by atoms with Crippen LogP contribution in [-0.2, 0) is 0 Å². The van der Waals surface area contributed by atoms with E-state index in [9.17, 15) is 4.79 Å². The van der Waals surface area contributed by atoms with Crippen molar-refractivity contribution < 1.29 is 4.79 Å². The van der Waals surface area contributed by atoms with Crippen LogP contribution in [0, 0.1) is 0 Å². The molecule has 0 aliphatic carbocycles. The average molecular weight is 318 g/mol. The topological polar surface area (TPSA) is 57.3 Å². The van der Waals surface area contributed by atoms with E-state index in [1.807, 2.05) is 6.07 Å². The van der Waals surface area contributed by atoms with Crippen molar-refractivity contribution in [3.8, 4) is 0 Å². The van der Waals surface area contributed by atoms with Crippen molar-refractivity contribution in [2.75, 3.05) is 25.0 Å². The third-order valence-electron chi connectivity index (χ3n) is 3.56. The highest BCUT2D eigenvalue weighted by atomic mass is 32.1. The summed E-state index contributed by atoms with van der Waals surface area (Å²) in [6.07, 6.45) is 3.30. The number of urea groups is 1. The monoisotopic (exact) mass is 318 g/mol. The Morgan fingerprint density at radius 3 is 2.77 bits per heavy atom. The highest BCUT2D eigenvalue weighted by Crippen LogP contribution is 2.22. The number of nitrogens with one attached hydrogen (secondary N) is 2. The average Bonchev–Trinajstić information content (AvgIpc) is 3.06. The Morgan fingerprint density at radius 2 is 2.18 bits per heavy atom. The van der Waals surface area contributed by atoms with Crippen molar-refractivity contribution in [2.45, 2.75) is 19.9 Å². The van der Waals surface area contributed by atoms with Gasteiger partial charge in [0.15, 0.2) is 0 Å². The Kier molecular flexibility index (Phi) is 6.36. The second-order valence-electron chi connectivity index (χ2n) is 4.87. The minimum absolute atomic E-state index is 0.195. The van der Waals surface area contributed by atoms with Gasteiger partial charge in [-0.2, -0.15) is 11.3 Å². The van der Waals surface area contributed by atoms with Gasteiger partial charge in [0.25, 0.3) is 0 Å². The van der Waals surface area contributed by atoms with E-state index < -0.39 is 0 Å². The molecular weight excluding hydrogens is 296 g/mol. The Morgan fingerprint density at radius 1 is 1.36 bits per heavy atom. The van der Waals surface area contributed by atoms with Gasteiger partial charge in [-0.3, -0.25) is 9.88 Å². The zero-order valence-electron chi connectivity index (χ0n) is 13.0. The third kappa shape index (κ3) is 4.54. The molecule has 0 aliphatic heterocycles. The Balaban J connectivity index is 1.95. The van der Waals surface area contributed by atoms with Crippen LogP contribution in [0.5, 0.6) is 0 Å². The fourth-order valence-electron chi connectivity index (χ4n) is 2.39. The normalized spacial score (nSPS) is 12.1. The van der Waals surface area contributed by atoms with Gasteiger partial charge >= 0.3 is 6.03 Å². The fraction of sp³-hybridized carbons (Fsp3) is 0.375. The minimum atomic E-state index is -0.208. The number of rotatable bonds is 7. The maximum atomic E-state index is 12.0. The van der Waals surface area contributed by atoms with E-state index in [2.05, 4.69) is 51.2 Å². The quantitative estimate of drug-likeness (QED) is 0.823. The molecule has 2 aromatic heterocycles. The number of aromatic nitrogens is 1. The first kappa shape index (κ1) is 16.5. The van der Waals surface area contributed by atoms with E-state index in [-0.39, 0.29) is 12.1 Å². The van der Waals surface area contributed by atoms with Gasteiger partial charge in [0, 0.05) is 12.7 Å². The number of pyridine rings is 1. The molecule has 0 saturated carbocycles. The van der Waals surface area contributed by atoms with Crippen molar-refractivity contribution in [1.29, 1.82) is 0 Å². The number of likely N-dealkylation sites (N-methyl/N-ethyl adjacent to an activating group) is 1. The summed E-state index contributed by atoms with van der Waals surface area (Å²) in [6, 6.07) is 5.71. The molecule has 0 bridgehead atoms. The molecule has 0 aromatic carbocycles. The second kappa shape index (κ2) is 8.51. The molecule has 118 valence electrons. The number of anilines is 1. The van der Waals surface area contributed by atoms with Crippen LogP contribution in [-0.4, -0.2) is 35.5 Å². The first-order valence-corrected chi connectivity index (χ1v) is 8.39. The van der Waals surface area contributed by atoms with Crippen molar-refractivity contribution in [1.82, 2.24) is 15.2 Å². The number of carbonyl (C=O) groups is 1. The fourth-order valence-corrected chi connectivity index (χ4v) is 3.10. The van der Waals surface area contributed by atoms with Crippen LogP contribution in [0.4, 0.5) is 10.5 Å². The van der Waals surface area contributed by atoms with Crippen molar-refractivity contribution in [2.24, 2.45) is 0 Å². The molecule has 0 fully saturated rings. The molecule has 22 heavy (non-hydrogen) atoms. The van der Waals surface area contributed by atoms with Gasteiger partial charge < -0.3 is 10.6 Å². The lowest BCUT2D eigenvalue weighted by Gasteiger charge is -2.29. The van der Waals surface area contributed by atoms with Crippen LogP contribution in [0.25, 0.3) is 0 Å². The molecule has 0 radical (unpaired) electrons. The van der Waals surface area contributed by atoms with Gasteiger partial charge in [0.05, 0.1) is 17.9 Å². The van der Waals surface area contributed by atoms with Crippen molar-refractivity contribution in [3.05, 3.63) is 46.9 Å². The maximum absolute atomic E-state index is 12.0. The SMILES string of the molecule is CCN(CC)[C@@H](CNC(=O)Nc1cccnc1)c1ccsc1. The summed E-state index contributed by atoms with van der Waals surface area (Å²) in [7, 11) is 0. The Hall–Kier alpha value is -1.92. The summed E-state index contributed by atoms with van der Waals surface area (Å²) in [6.45, 7) is 6.74. The number of hydrogen-bond acceptors (Lipinski definition) is 4. The van der Waals surface area contributed by atoms with Gasteiger partial charge in [-0.25, -0.2) is 4.79 Å². The van der Waals surface area contributed by atoms with Crippen LogP contribution in [0.15, 0.2) is 41.4 Å². The Labute approximate surface area is 135 Å². The number of hydrogen-bond donors (Lipinski definition) is 2. The standard InChI is InChI=1S/C16H22N4OS/c1-3-20(4-2)15(13-7-9-22-12-13)11-18-16(21)19-14-6-5-8-17-10-14/h5-10,12,15H,3-4,11H2,1-2H3,(H2,18,19,21)/t15-/m0/s1. The van der Waals surface area contributed by atoms with Crippen LogP contribution in [0.3, 0.4) is 0 Å². The molecule has 2 N–H and O–H groups in total. The summed E-state index contributed by atoms with van der Waals surface area (Å²) in [5.74, 6) is 0. The third-order valence-corrected chi connectivity index (χ3v) is 4.26. The summed E-state index contributed by atoms with van der Waals surface area (Å²) in [4.78, 5) is 18.3. The molecule has 6 heteroatoms. The van der Waals surface area contributed by atoms with Crippen LogP contribution >= 0.6 is 11.3 Å². The van der Waals surface area contributed by atoms with Gasteiger partial charge in [0.1, 0.15) is 0 Å². The first-order chi connectivity index (χ1) is 10.7. The largest absolute Gasteiger partial charge is 0.336 e. The van der Waals surface area contributed by atoms with Gasteiger partial charge in [-0.15, -0.1) is 0 Å². The van der Waals surface area contributed by atoms with Crippen molar-refractivity contribution >= 4 is 23.1 Å². The lowest BCUT2D eigenvalue weighted by Crippen LogP contribution is -2.39. The Bertz CT molecular complexity index is 555. The molecule has 0 unspecified atom stereocenters. The van der Waals surface area contributed by atoms with Crippen molar-refractivity contribution in [3.63, 3.8) is 0 Å². The maximum Gasteiger partial charge on any atom is 0.319 e. The second-order valence-corrected chi connectivity index (χ2v) is 5.65. The lowest BCUT2D eigenvalue weighted by atomic mass is 10.1. The van der Waals surface area contributed by atoms with E-state index in [0.29, 0.717) is 12.2 Å². The number of thiophene rings is 1. The minimum Gasteiger partial charge on any atom is -0.336 e. The van der Waals surface area contributed by atoms with Crippen LogP contribution in [0.2, 0.25) is 0 Å². The predicted molar refractivity (Wildman–Crippen MR) is 91.2 cm³/mol. The van der Waals surface area contributed by atoms with E-state index in [1.54, 1.807) is 29.8 Å². The van der Waals surface area contributed by atoms with Gasteiger partial charge in [-0.1, -0.05) is 13.8 Å². The van der Waals surface area contributed by atoms with E-state index in [0.717, 1.165) is 13.1 Å². The van der Waals surface area contributed by atoms with Gasteiger partial charge in [-0.05, 0) is 47.6 Å². The molecule has 2 rings (SSSR count). The lowest BCUT2D eigenvalue weighted by molar-refractivity contribution is 0.210. The summed E-state index contributed by atoms with van der Waals surface area (Å²) < 4.78 is 0. The molecule has 0 saturated heterocycles. The highest BCUT2D eigenvalue weighted by molar-refractivity contribution is 7.07. The van der Waals surface area contributed by atoms with Crippen LogP contribution < -0.4 is 10.6 Å². The molecule has 0 aliphatic rings. The molecule has 2 aromatic rings. The first-order valence-electron chi connectivity index (χ1n) is 7.45. The number of nitrogens with zero attached hydrogens (tertiary/aromatic N) is 2. The molecule has 5 nitrogen and oxygen atoms in total. The summed E-state index contributed by atoms with van der Waals surface area (Å²) in [5, 5.41) is 9.96. The van der Waals surface area contributed by atoms with Gasteiger partial charge in [0.2, 0.25) is 0 Å². The zero-order chi connectivity index (χ0) is 15.8. The smallest absolute Gasteiger partial charge is 0.319 e.